The molecule has 0 aliphatic carbocycles. The van der Waals surface area contributed by atoms with Crippen LogP contribution in [0.5, 0.6) is 0 Å². The standard InChI is InChI=1S/C16H18N2OS/c1-17(15-10-6-12-20-15)16(19)18-11-5-4-8-13-7-2-3-9-14(13)18/h2-3,6-7,9-10,12H,4-5,8,11H2,1H3. The minimum Gasteiger partial charge on any atom is -0.294 e. The van der Waals surface area contributed by atoms with Crippen molar-refractivity contribution in [2.75, 3.05) is 23.4 Å². The highest BCUT2D eigenvalue weighted by molar-refractivity contribution is 7.14. The average molecular weight is 286 g/mol. The number of para-hydroxylation sites is 1. The number of anilines is 2. The highest BCUT2D eigenvalue weighted by Crippen LogP contribution is 2.29. The van der Waals surface area contributed by atoms with Crippen LogP contribution in [-0.2, 0) is 6.42 Å². The van der Waals surface area contributed by atoms with Gasteiger partial charge in [0.15, 0.2) is 0 Å². The van der Waals surface area contributed by atoms with Gasteiger partial charge in [0.2, 0.25) is 0 Å². The van der Waals surface area contributed by atoms with E-state index in [0.29, 0.717) is 0 Å². The van der Waals surface area contributed by atoms with Crippen LogP contribution in [0.4, 0.5) is 15.5 Å². The summed E-state index contributed by atoms with van der Waals surface area (Å²) in [7, 11) is 1.85. The van der Waals surface area contributed by atoms with Crippen molar-refractivity contribution in [1.82, 2.24) is 0 Å². The zero-order valence-electron chi connectivity index (χ0n) is 11.6. The Kier molecular flexibility index (Phi) is 3.74. The largest absolute Gasteiger partial charge is 0.329 e. The number of hydrogen-bond acceptors (Lipinski definition) is 2. The van der Waals surface area contributed by atoms with Crippen molar-refractivity contribution >= 4 is 28.1 Å². The molecule has 2 aromatic rings. The fourth-order valence-corrected chi connectivity index (χ4v) is 3.32. The van der Waals surface area contributed by atoms with Crippen LogP contribution >= 0.6 is 11.3 Å². The molecule has 0 saturated carbocycles. The van der Waals surface area contributed by atoms with Crippen LogP contribution in [0.3, 0.4) is 0 Å². The van der Waals surface area contributed by atoms with E-state index in [2.05, 4.69) is 18.2 Å². The van der Waals surface area contributed by atoms with E-state index in [0.717, 1.165) is 36.5 Å². The number of benzene rings is 1. The van der Waals surface area contributed by atoms with Gasteiger partial charge in [0.05, 0.1) is 5.00 Å². The number of amides is 2. The van der Waals surface area contributed by atoms with Gasteiger partial charge in [-0.2, -0.15) is 0 Å². The number of urea groups is 1. The van der Waals surface area contributed by atoms with E-state index < -0.39 is 0 Å². The molecule has 1 aliphatic rings. The van der Waals surface area contributed by atoms with E-state index >= 15 is 0 Å². The van der Waals surface area contributed by atoms with Gasteiger partial charge < -0.3 is 0 Å². The average Bonchev–Trinajstić information content (AvgIpc) is 2.93. The smallest absolute Gasteiger partial charge is 0.294 e. The lowest BCUT2D eigenvalue weighted by Crippen LogP contribution is -2.41. The van der Waals surface area contributed by atoms with Gasteiger partial charge in [-0.05, 0) is 48.4 Å². The third-order valence-corrected chi connectivity index (χ3v) is 4.66. The van der Waals surface area contributed by atoms with Gasteiger partial charge in [-0.1, -0.05) is 18.2 Å². The number of hydrogen-bond donors (Lipinski definition) is 0. The molecule has 0 spiro atoms. The summed E-state index contributed by atoms with van der Waals surface area (Å²) in [5.41, 5.74) is 2.34. The second-order valence-corrected chi connectivity index (χ2v) is 5.96. The van der Waals surface area contributed by atoms with Crippen molar-refractivity contribution in [3.8, 4) is 0 Å². The molecular weight excluding hydrogens is 268 g/mol. The van der Waals surface area contributed by atoms with E-state index in [-0.39, 0.29) is 6.03 Å². The Hall–Kier alpha value is -1.81. The molecule has 104 valence electrons. The Labute approximate surface area is 123 Å². The van der Waals surface area contributed by atoms with Gasteiger partial charge in [0, 0.05) is 19.3 Å². The van der Waals surface area contributed by atoms with Crippen molar-refractivity contribution in [3.05, 3.63) is 47.3 Å². The summed E-state index contributed by atoms with van der Waals surface area (Å²) in [6.07, 6.45) is 3.25. The van der Waals surface area contributed by atoms with Crippen LogP contribution in [0.2, 0.25) is 0 Å². The Morgan fingerprint density at radius 3 is 2.85 bits per heavy atom. The first kappa shape index (κ1) is 13.2. The maximum Gasteiger partial charge on any atom is 0.329 e. The molecule has 1 aromatic heterocycles. The molecule has 1 aliphatic heterocycles. The van der Waals surface area contributed by atoms with Crippen LogP contribution in [0, 0.1) is 0 Å². The summed E-state index contributed by atoms with van der Waals surface area (Å²) in [6.45, 7) is 0.797. The predicted molar refractivity (Wildman–Crippen MR) is 84.8 cm³/mol. The lowest BCUT2D eigenvalue weighted by atomic mass is 10.1. The minimum absolute atomic E-state index is 0.0572. The third kappa shape index (κ3) is 2.43. The summed E-state index contributed by atoms with van der Waals surface area (Å²) >= 11 is 1.59. The summed E-state index contributed by atoms with van der Waals surface area (Å²) in [5, 5.41) is 2.98. The normalized spacial score (nSPS) is 14.6. The molecule has 3 nitrogen and oxygen atoms in total. The second-order valence-electron chi connectivity index (χ2n) is 5.03. The lowest BCUT2D eigenvalue weighted by molar-refractivity contribution is 0.252. The lowest BCUT2D eigenvalue weighted by Gasteiger charge is -2.27. The molecule has 2 amide bonds. The number of aryl methyl sites for hydroxylation is 1. The molecule has 0 saturated heterocycles. The molecule has 0 atom stereocenters. The number of rotatable bonds is 1. The van der Waals surface area contributed by atoms with Crippen molar-refractivity contribution in [1.29, 1.82) is 0 Å². The van der Waals surface area contributed by atoms with Crippen LogP contribution in [0.1, 0.15) is 18.4 Å². The van der Waals surface area contributed by atoms with Gasteiger partial charge in [-0.25, -0.2) is 4.79 Å². The van der Waals surface area contributed by atoms with Crippen molar-refractivity contribution in [2.45, 2.75) is 19.3 Å². The molecule has 20 heavy (non-hydrogen) atoms. The summed E-state index contributed by atoms with van der Waals surface area (Å²) < 4.78 is 0. The van der Waals surface area contributed by atoms with Gasteiger partial charge in [-0.15, -0.1) is 11.3 Å². The maximum absolute atomic E-state index is 12.8. The maximum atomic E-state index is 12.8. The Morgan fingerprint density at radius 1 is 1.20 bits per heavy atom. The van der Waals surface area contributed by atoms with Gasteiger partial charge >= 0.3 is 6.03 Å². The van der Waals surface area contributed by atoms with Gasteiger partial charge in [0.1, 0.15) is 0 Å². The number of nitrogens with zero attached hydrogens (tertiary/aromatic N) is 2. The monoisotopic (exact) mass is 286 g/mol. The number of carbonyl (C=O) groups excluding carboxylic acids is 1. The molecule has 0 N–H and O–H groups in total. The Morgan fingerprint density at radius 2 is 2.05 bits per heavy atom. The van der Waals surface area contributed by atoms with Crippen LogP contribution in [-0.4, -0.2) is 19.6 Å². The third-order valence-electron chi connectivity index (χ3n) is 3.71. The molecular formula is C16H18N2OS. The van der Waals surface area contributed by atoms with Gasteiger partial charge in [-0.3, -0.25) is 9.80 Å². The number of fused-ring (bicyclic) bond motifs is 1. The van der Waals surface area contributed by atoms with Crippen LogP contribution in [0.15, 0.2) is 41.8 Å². The first-order valence-corrected chi connectivity index (χ1v) is 7.82. The minimum atomic E-state index is 0.0572. The first-order valence-electron chi connectivity index (χ1n) is 6.94. The van der Waals surface area contributed by atoms with Gasteiger partial charge in [0.25, 0.3) is 0 Å². The summed E-state index contributed by atoms with van der Waals surface area (Å²) in [6, 6.07) is 12.3. The van der Waals surface area contributed by atoms with Crippen LogP contribution in [0.25, 0.3) is 0 Å². The SMILES string of the molecule is CN(C(=O)N1CCCCc2ccccc21)c1cccs1. The fraction of sp³-hybridized carbons (Fsp3) is 0.312. The molecule has 2 heterocycles. The predicted octanol–water partition coefficient (Wildman–Crippen LogP) is 4.15. The molecule has 0 bridgehead atoms. The quantitative estimate of drug-likeness (QED) is 0.772. The molecule has 0 fully saturated rings. The molecule has 4 heteroatoms. The zero-order valence-corrected chi connectivity index (χ0v) is 12.4. The molecule has 0 unspecified atom stereocenters. The van der Waals surface area contributed by atoms with Crippen molar-refractivity contribution in [3.63, 3.8) is 0 Å². The van der Waals surface area contributed by atoms with Crippen molar-refractivity contribution < 1.29 is 4.79 Å². The van der Waals surface area contributed by atoms with E-state index in [9.17, 15) is 4.79 Å². The summed E-state index contributed by atoms with van der Waals surface area (Å²) in [4.78, 5) is 16.4. The fourth-order valence-electron chi connectivity index (χ4n) is 2.63. The molecule has 3 rings (SSSR count). The molecule has 0 radical (unpaired) electrons. The highest BCUT2D eigenvalue weighted by Gasteiger charge is 2.24. The van der Waals surface area contributed by atoms with Crippen LogP contribution < -0.4 is 9.80 Å². The van der Waals surface area contributed by atoms with Crippen molar-refractivity contribution in [2.24, 2.45) is 0 Å². The highest BCUT2D eigenvalue weighted by atomic mass is 32.1. The van der Waals surface area contributed by atoms with E-state index in [1.165, 1.54) is 5.56 Å². The van der Waals surface area contributed by atoms with E-state index in [1.807, 2.05) is 35.5 Å². The Bertz CT molecular complexity index is 594. The first-order chi connectivity index (χ1) is 9.77. The zero-order chi connectivity index (χ0) is 13.9. The van der Waals surface area contributed by atoms with E-state index in [1.54, 1.807) is 16.2 Å². The summed E-state index contributed by atoms with van der Waals surface area (Å²) in [5.74, 6) is 0. The van der Waals surface area contributed by atoms with E-state index in [4.69, 9.17) is 0 Å². The number of thiophene rings is 1. The molecule has 1 aromatic carbocycles. The second kappa shape index (κ2) is 5.67. The number of carbonyl (C=O) groups is 1. The topological polar surface area (TPSA) is 23.6 Å². The Balaban J connectivity index is 1.91.